The topological polar surface area (TPSA) is 20.3 Å². The van der Waals surface area contributed by atoms with Gasteiger partial charge in [0.25, 0.3) is 0 Å². The highest BCUT2D eigenvalue weighted by molar-refractivity contribution is 7.97. The van der Waals surface area contributed by atoms with E-state index >= 15 is 0 Å². The molecule has 0 N–H and O–H groups in total. The number of nitrogens with zero attached hydrogens (tertiary/aromatic N) is 1. The third-order valence-electron chi connectivity index (χ3n) is 5.72. The minimum absolute atomic E-state index is 0.00780. The second kappa shape index (κ2) is 5.05. The number of amides is 1. The summed E-state index contributed by atoms with van der Waals surface area (Å²) in [6.07, 6.45) is 3.26. The average Bonchev–Trinajstić information content (AvgIpc) is 2.81. The standard InChI is InChI=1S/C16H25NOS/c1-6-7-8-14(18)17-13(3)16(11-19-17)10-9-12(2)15(16,4)5/h12-13H,6,9-11H2,1-5H3/t12?,13-,16-/m0/s1. The second-order valence-corrected chi connectivity index (χ2v) is 7.49. The van der Waals surface area contributed by atoms with Crippen molar-refractivity contribution in [3.05, 3.63) is 0 Å². The predicted molar refractivity (Wildman–Crippen MR) is 81.4 cm³/mol. The number of carbonyl (C=O) groups excluding carboxylic acids is 1. The van der Waals surface area contributed by atoms with E-state index in [2.05, 4.69) is 39.5 Å². The molecule has 0 aromatic heterocycles. The Bertz CT molecular complexity index is 434. The third-order valence-corrected chi connectivity index (χ3v) is 7.13. The third kappa shape index (κ3) is 2.09. The maximum Gasteiger partial charge on any atom is 0.308 e. The quantitative estimate of drug-likeness (QED) is 0.497. The first-order valence-corrected chi connectivity index (χ1v) is 8.26. The van der Waals surface area contributed by atoms with Crippen LogP contribution in [0.4, 0.5) is 0 Å². The van der Waals surface area contributed by atoms with Gasteiger partial charge in [-0.05, 0) is 49.0 Å². The van der Waals surface area contributed by atoms with Gasteiger partial charge in [-0.1, -0.05) is 33.6 Å². The summed E-state index contributed by atoms with van der Waals surface area (Å²) in [7, 11) is 0. The lowest BCUT2D eigenvalue weighted by atomic mass is 9.62. The summed E-state index contributed by atoms with van der Waals surface area (Å²) < 4.78 is 1.93. The van der Waals surface area contributed by atoms with E-state index in [1.807, 2.05) is 11.2 Å². The molecule has 3 atom stereocenters. The lowest BCUT2D eigenvalue weighted by Crippen LogP contribution is -2.47. The molecule has 106 valence electrons. The highest BCUT2D eigenvalue weighted by Crippen LogP contribution is 2.63. The van der Waals surface area contributed by atoms with E-state index in [9.17, 15) is 4.79 Å². The first-order valence-electron chi connectivity index (χ1n) is 7.32. The van der Waals surface area contributed by atoms with Crippen LogP contribution in [0.15, 0.2) is 0 Å². The van der Waals surface area contributed by atoms with Crippen molar-refractivity contribution in [3.8, 4) is 11.8 Å². The SMILES string of the molecule is CCC#CC(=O)N1SC[C@@]2(CCC(C)C2(C)C)[C@@H]1C. The van der Waals surface area contributed by atoms with E-state index in [1.54, 1.807) is 11.9 Å². The summed E-state index contributed by atoms with van der Waals surface area (Å²) >= 11 is 1.69. The van der Waals surface area contributed by atoms with E-state index in [-0.39, 0.29) is 17.4 Å². The number of carbonyl (C=O) groups is 1. The van der Waals surface area contributed by atoms with Crippen LogP contribution < -0.4 is 0 Å². The molecular formula is C16H25NOS. The van der Waals surface area contributed by atoms with Crippen molar-refractivity contribution in [2.24, 2.45) is 16.7 Å². The minimum Gasteiger partial charge on any atom is -0.272 e. The molecule has 2 aliphatic rings. The van der Waals surface area contributed by atoms with Crippen LogP contribution in [-0.2, 0) is 4.79 Å². The van der Waals surface area contributed by atoms with E-state index < -0.39 is 0 Å². The fraction of sp³-hybridized carbons (Fsp3) is 0.812. The van der Waals surface area contributed by atoms with Gasteiger partial charge in [-0.2, -0.15) is 0 Å². The predicted octanol–water partition coefficient (Wildman–Crippen LogP) is 3.72. The molecule has 0 bridgehead atoms. The maximum absolute atomic E-state index is 12.2. The fourth-order valence-corrected chi connectivity index (χ4v) is 5.46. The van der Waals surface area contributed by atoms with Crippen LogP contribution in [0.2, 0.25) is 0 Å². The molecule has 1 saturated carbocycles. The van der Waals surface area contributed by atoms with Crippen LogP contribution in [0.1, 0.15) is 53.9 Å². The van der Waals surface area contributed by atoms with Gasteiger partial charge >= 0.3 is 5.91 Å². The van der Waals surface area contributed by atoms with Gasteiger partial charge in [-0.15, -0.1) is 0 Å². The Hall–Kier alpha value is -0.620. The largest absolute Gasteiger partial charge is 0.308 e. The number of rotatable bonds is 0. The van der Waals surface area contributed by atoms with Crippen molar-refractivity contribution in [1.29, 1.82) is 0 Å². The minimum atomic E-state index is -0.00780. The molecule has 0 aromatic carbocycles. The van der Waals surface area contributed by atoms with Gasteiger partial charge in [-0.25, -0.2) is 0 Å². The molecule has 2 fully saturated rings. The van der Waals surface area contributed by atoms with Crippen LogP contribution in [0, 0.1) is 28.6 Å². The Morgan fingerprint density at radius 1 is 1.42 bits per heavy atom. The lowest BCUT2D eigenvalue weighted by molar-refractivity contribution is -0.123. The van der Waals surface area contributed by atoms with E-state index in [1.165, 1.54) is 12.8 Å². The maximum atomic E-state index is 12.2. The van der Waals surface area contributed by atoms with Crippen molar-refractivity contribution >= 4 is 17.9 Å². The smallest absolute Gasteiger partial charge is 0.272 e. The van der Waals surface area contributed by atoms with Gasteiger partial charge < -0.3 is 0 Å². The van der Waals surface area contributed by atoms with Gasteiger partial charge in [0.2, 0.25) is 0 Å². The monoisotopic (exact) mass is 279 g/mol. The zero-order chi connectivity index (χ0) is 14.3. The van der Waals surface area contributed by atoms with Crippen molar-refractivity contribution in [1.82, 2.24) is 4.31 Å². The zero-order valence-corrected chi connectivity index (χ0v) is 13.6. The van der Waals surface area contributed by atoms with E-state index in [4.69, 9.17) is 0 Å². The first kappa shape index (κ1) is 14.8. The van der Waals surface area contributed by atoms with Gasteiger partial charge in [-0.3, -0.25) is 9.10 Å². The van der Waals surface area contributed by atoms with Gasteiger partial charge in [0.15, 0.2) is 0 Å². The average molecular weight is 279 g/mol. The molecule has 1 saturated heterocycles. The molecule has 1 amide bonds. The summed E-state index contributed by atoms with van der Waals surface area (Å²) in [5.41, 5.74) is 0.563. The molecule has 2 rings (SSSR count). The fourth-order valence-electron chi connectivity index (χ4n) is 3.75. The molecule has 0 aromatic rings. The first-order chi connectivity index (χ1) is 8.87. The normalized spacial score (nSPS) is 36.4. The van der Waals surface area contributed by atoms with Gasteiger partial charge in [0, 0.05) is 23.6 Å². The van der Waals surface area contributed by atoms with Crippen molar-refractivity contribution in [2.45, 2.75) is 59.9 Å². The summed E-state index contributed by atoms with van der Waals surface area (Å²) in [6.45, 7) is 11.3. The summed E-state index contributed by atoms with van der Waals surface area (Å²) in [6, 6.07) is 0.288. The highest BCUT2D eigenvalue weighted by atomic mass is 32.2. The van der Waals surface area contributed by atoms with Crippen LogP contribution in [0.3, 0.4) is 0 Å². The summed E-state index contributed by atoms with van der Waals surface area (Å²) in [4.78, 5) is 12.2. The summed E-state index contributed by atoms with van der Waals surface area (Å²) in [5, 5.41) is 0. The molecule has 1 aliphatic heterocycles. The molecule has 1 unspecified atom stereocenters. The molecule has 1 aliphatic carbocycles. The van der Waals surface area contributed by atoms with Crippen molar-refractivity contribution < 1.29 is 4.79 Å². The Balaban J connectivity index is 2.23. The van der Waals surface area contributed by atoms with Crippen LogP contribution in [0.5, 0.6) is 0 Å². The molecule has 3 heteroatoms. The Morgan fingerprint density at radius 3 is 2.63 bits per heavy atom. The van der Waals surface area contributed by atoms with Crippen molar-refractivity contribution in [3.63, 3.8) is 0 Å². The second-order valence-electron chi connectivity index (χ2n) is 6.55. The molecule has 1 heterocycles. The molecular weight excluding hydrogens is 254 g/mol. The van der Waals surface area contributed by atoms with Crippen LogP contribution >= 0.6 is 11.9 Å². The highest BCUT2D eigenvalue weighted by Gasteiger charge is 2.60. The molecule has 19 heavy (non-hydrogen) atoms. The lowest BCUT2D eigenvalue weighted by Gasteiger charge is -2.44. The molecule has 0 radical (unpaired) electrons. The van der Waals surface area contributed by atoms with Crippen molar-refractivity contribution in [2.75, 3.05) is 5.75 Å². The number of hydrogen-bond acceptors (Lipinski definition) is 2. The molecule has 2 nitrogen and oxygen atoms in total. The zero-order valence-electron chi connectivity index (χ0n) is 12.7. The number of hydrogen-bond donors (Lipinski definition) is 0. The van der Waals surface area contributed by atoms with Crippen LogP contribution in [0.25, 0.3) is 0 Å². The Kier molecular flexibility index (Phi) is 3.93. The van der Waals surface area contributed by atoms with Gasteiger partial charge in [0.1, 0.15) is 0 Å². The van der Waals surface area contributed by atoms with Gasteiger partial charge in [0.05, 0.1) is 0 Å². The van der Waals surface area contributed by atoms with E-state index in [0.717, 1.165) is 18.1 Å². The molecule has 1 spiro atoms. The summed E-state index contributed by atoms with van der Waals surface area (Å²) in [5.74, 6) is 7.45. The Morgan fingerprint density at radius 2 is 2.11 bits per heavy atom. The van der Waals surface area contributed by atoms with E-state index in [0.29, 0.717) is 5.41 Å². The van der Waals surface area contributed by atoms with Crippen LogP contribution in [-0.4, -0.2) is 22.0 Å². The Labute approximate surface area is 121 Å².